The lowest BCUT2D eigenvalue weighted by Crippen LogP contribution is -2.49. The number of carbonyl (C=O) groups excluding carboxylic acids is 2. The summed E-state index contributed by atoms with van der Waals surface area (Å²) in [7, 11) is 0. The maximum atomic E-state index is 13.0. The van der Waals surface area contributed by atoms with Crippen molar-refractivity contribution >= 4 is 34.9 Å². The van der Waals surface area contributed by atoms with Crippen LogP contribution < -0.4 is 10.2 Å². The Labute approximate surface area is 163 Å². The van der Waals surface area contributed by atoms with Crippen LogP contribution in [0.1, 0.15) is 24.8 Å². The molecule has 27 heavy (non-hydrogen) atoms. The third-order valence-corrected chi connectivity index (χ3v) is 5.32. The minimum Gasteiger partial charge on any atom is -0.324 e. The second-order valence-corrected chi connectivity index (χ2v) is 7.53. The van der Waals surface area contributed by atoms with E-state index in [9.17, 15) is 9.59 Å². The summed E-state index contributed by atoms with van der Waals surface area (Å²) in [6.07, 6.45) is 2.76. The highest BCUT2D eigenvalue weighted by atomic mass is 35.5. The van der Waals surface area contributed by atoms with E-state index < -0.39 is 0 Å². The molecule has 1 aliphatic carbocycles. The predicted octanol–water partition coefficient (Wildman–Crippen LogP) is 4.52. The number of anilines is 2. The van der Waals surface area contributed by atoms with Crippen LogP contribution in [0.15, 0.2) is 48.5 Å². The van der Waals surface area contributed by atoms with E-state index in [1.807, 2.05) is 41.3 Å². The average molecular weight is 384 g/mol. The lowest BCUT2D eigenvalue weighted by Gasteiger charge is -2.36. The zero-order chi connectivity index (χ0) is 18.8. The molecule has 2 aliphatic rings. The van der Waals surface area contributed by atoms with Gasteiger partial charge >= 0.3 is 6.03 Å². The number of urea groups is 1. The summed E-state index contributed by atoms with van der Waals surface area (Å²) in [6.45, 7) is 1.99. The molecule has 2 aromatic rings. The largest absolute Gasteiger partial charge is 0.324 e. The SMILES string of the molecule is O=C(Nc1cc(N2CCCN(Cc3ccccc3)C2=O)ccc1Cl)C1CC1. The minimum absolute atomic E-state index is 0.00437. The van der Waals surface area contributed by atoms with Crippen molar-refractivity contribution in [2.45, 2.75) is 25.8 Å². The maximum absolute atomic E-state index is 13.0. The summed E-state index contributed by atoms with van der Waals surface area (Å²) >= 11 is 6.25. The summed E-state index contributed by atoms with van der Waals surface area (Å²) < 4.78 is 0. The quantitative estimate of drug-likeness (QED) is 0.825. The van der Waals surface area contributed by atoms with Gasteiger partial charge in [0.1, 0.15) is 0 Å². The lowest BCUT2D eigenvalue weighted by molar-refractivity contribution is -0.117. The Hall–Kier alpha value is -2.53. The molecule has 0 aromatic heterocycles. The summed E-state index contributed by atoms with van der Waals surface area (Å²) in [5, 5.41) is 3.38. The Morgan fingerprint density at radius 2 is 1.89 bits per heavy atom. The van der Waals surface area contributed by atoms with Crippen LogP contribution in [-0.2, 0) is 11.3 Å². The number of rotatable bonds is 5. The first-order chi connectivity index (χ1) is 13.1. The standard InChI is InChI=1S/C21H22ClN3O2/c22-18-10-9-17(13-19(18)23-20(26)16-7-8-16)25-12-4-11-24(21(25)27)14-15-5-2-1-3-6-15/h1-3,5-6,9-10,13,16H,4,7-8,11-12,14H2,(H,23,26). The van der Waals surface area contributed by atoms with E-state index in [2.05, 4.69) is 5.32 Å². The molecule has 0 radical (unpaired) electrons. The summed E-state index contributed by atoms with van der Waals surface area (Å²) in [5.74, 6) is 0.104. The number of nitrogens with one attached hydrogen (secondary N) is 1. The maximum Gasteiger partial charge on any atom is 0.324 e. The van der Waals surface area contributed by atoms with Crippen molar-refractivity contribution in [3.05, 3.63) is 59.1 Å². The van der Waals surface area contributed by atoms with Gasteiger partial charge in [-0.3, -0.25) is 9.69 Å². The molecule has 3 amide bonds. The minimum atomic E-state index is -0.0214. The molecule has 1 saturated heterocycles. The molecule has 2 fully saturated rings. The fraction of sp³-hybridized carbons (Fsp3) is 0.333. The van der Waals surface area contributed by atoms with E-state index in [0.29, 0.717) is 23.8 Å². The molecule has 0 bridgehead atoms. The lowest BCUT2D eigenvalue weighted by atomic mass is 10.1. The van der Waals surface area contributed by atoms with Crippen molar-refractivity contribution in [2.75, 3.05) is 23.3 Å². The monoisotopic (exact) mass is 383 g/mol. The number of hydrogen-bond donors (Lipinski definition) is 1. The fourth-order valence-electron chi connectivity index (χ4n) is 3.33. The zero-order valence-electron chi connectivity index (χ0n) is 15.0. The van der Waals surface area contributed by atoms with Gasteiger partial charge in [-0.25, -0.2) is 4.79 Å². The van der Waals surface area contributed by atoms with Gasteiger partial charge in [-0.05, 0) is 43.0 Å². The van der Waals surface area contributed by atoms with Crippen molar-refractivity contribution in [3.8, 4) is 0 Å². The summed E-state index contributed by atoms with van der Waals surface area (Å²) in [5.41, 5.74) is 2.44. The number of amides is 3. The van der Waals surface area contributed by atoms with Crippen molar-refractivity contribution < 1.29 is 9.59 Å². The van der Waals surface area contributed by atoms with Crippen molar-refractivity contribution in [1.82, 2.24) is 4.90 Å². The van der Waals surface area contributed by atoms with Crippen LogP contribution in [0.5, 0.6) is 0 Å². The Balaban J connectivity index is 1.51. The molecule has 4 rings (SSSR count). The topological polar surface area (TPSA) is 52.7 Å². The molecule has 1 aliphatic heterocycles. The number of halogens is 1. The van der Waals surface area contributed by atoms with Gasteiger partial charge in [0.05, 0.1) is 10.7 Å². The molecule has 1 heterocycles. The van der Waals surface area contributed by atoms with E-state index in [-0.39, 0.29) is 17.9 Å². The summed E-state index contributed by atoms with van der Waals surface area (Å²) in [4.78, 5) is 28.7. The molecule has 1 saturated carbocycles. The molecule has 0 spiro atoms. The van der Waals surface area contributed by atoms with Gasteiger partial charge in [0.25, 0.3) is 0 Å². The predicted molar refractivity (Wildman–Crippen MR) is 107 cm³/mol. The van der Waals surface area contributed by atoms with E-state index in [1.54, 1.807) is 17.0 Å². The first-order valence-corrected chi connectivity index (χ1v) is 9.70. The van der Waals surface area contributed by atoms with Gasteiger partial charge in [-0.2, -0.15) is 0 Å². The van der Waals surface area contributed by atoms with Crippen LogP contribution in [0, 0.1) is 5.92 Å². The van der Waals surface area contributed by atoms with E-state index in [0.717, 1.165) is 37.1 Å². The van der Waals surface area contributed by atoms with Gasteiger partial charge in [0.2, 0.25) is 5.91 Å². The van der Waals surface area contributed by atoms with Crippen LogP contribution in [0.25, 0.3) is 0 Å². The molecule has 6 heteroatoms. The zero-order valence-corrected chi connectivity index (χ0v) is 15.8. The third-order valence-electron chi connectivity index (χ3n) is 5.00. The van der Waals surface area contributed by atoms with Crippen molar-refractivity contribution in [1.29, 1.82) is 0 Å². The Bertz CT molecular complexity index is 852. The van der Waals surface area contributed by atoms with Gasteiger partial charge in [0, 0.05) is 31.2 Å². The normalized spacial score (nSPS) is 17.1. The first kappa shape index (κ1) is 17.9. The summed E-state index contributed by atoms with van der Waals surface area (Å²) in [6, 6.07) is 15.3. The molecule has 140 valence electrons. The fourth-order valence-corrected chi connectivity index (χ4v) is 3.49. The second-order valence-electron chi connectivity index (χ2n) is 7.12. The van der Waals surface area contributed by atoms with Gasteiger partial charge in [-0.1, -0.05) is 41.9 Å². The third kappa shape index (κ3) is 4.08. The smallest absolute Gasteiger partial charge is 0.324 e. The van der Waals surface area contributed by atoms with Crippen LogP contribution in [0.3, 0.4) is 0 Å². The molecule has 0 unspecified atom stereocenters. The van der Waals surface area contributed by atoms with Crippen molar-refractivity contribution in [3.63, 3.8) is 0 Å². The Kier molecular flexibility index (Phi) is 5.03. The molecule has 2 aromatic carbocycles. The van der Waals surface area contributed by atoms with E-state index in [1.165, 1.54) is 0 Å². The Morgan fingerprint density at radius 1 is 1.11 bits per heavy atom. The highest BCUT2D eigenvalue weighted by molar-refractivity contribution is 6.34. The number of hydrogen-bond acceptors (Lipinski definition) is 2. The van der Waals surface area contributed by atoms with Gasteiger partial charge < -0.3 is 10.2 Å². The van der Waals surface area contributed by atoms with Crippen molar-refractivity contribution in [2.24, 2.45) is 5.92 Å². The van der Waals surface area contributed by atoms with Crippen LogP contribution in [0.2, 0.25) is 5.02 Å². The van der Waals surface area contributed by atoms with Gasteiger partial charge in [-0.15, -0.1) is 0 Å². The number of benzene rings is 2. The average Bonchev–Trinajstić information content (AvgIpc) is 3.52. The van der Waals surface area contributed by atoms with E-state index in [4.69, 9.17) is 11.6 Å². The highest BCUT2D eigenvalue weighted by Gasteiger charge is 2.31. The molecule has 0 atom stereocenters. The molecular weight excluding hydrogens is 362 g/mol. The molecule has 1 N–H and O–H groups in total. The number of carbonyl (C=O) groups is 2. The second kappa shape index (κ2) is 7.61. The molecule has 5 nitrogen and oxygen atoms in total. The van der Waals surface area contributed by atoms with Crippen LogP contribution in [-0.4, -0.2) is 29.9 Å². The molecular formula is C21H22ClN3O2. The Morgan fingerprint density at radius 3 is 2.63 bits per heavy atom. The van der Waals surface area contributed by atoms with E-state index >= 15 is 0 Å². The van der Waals surface area contributed by atoms with Crippen LogP contribution in [0.4, 0.5) is 16.2 Å². The number of nitrogens with zero attached hydrogens (tertiary/aromatic N) is 2. The highest BCUT2D eigenvalue weighted by Crippen LogP contribution is 2.33. The first-order valence-electron chi connectivity index (χ1n) is 9.32. The van der Waals surface area contributed by atoms with Crippen LogP contribution >= 0.6 is 11.6 Å². The van der Waals surface area contributed by atoms with Gasteiger partial charge in [0.15, 0.2) is 0 Å².